The highest BCUT2D eigenvalue weighted by atomic mass is 79.9. The Morgan fingerprint density at radius 3 is 2.80 bits per heavy atom. The zero-order valence-corrected chi connectivity index (χ0v) is 14.3. The second-order valence-electron chi connectivity index (χ2n) is 4.36. The van der Waals surface area contributed by atoms with Gasteiger partial charge in [0.15, 0.2) is 0 Å². The summed E-state index contributed by atoms with van der Waals surface area (Å²) in [5.41, 5.74) is 8.20. The Balaban J connectivity index is 2.33. The standard InChI is InChI=1S/C13H15BrClN3OS/c1-3-10-13(14)11(18(2)17-10)7-20(19)12-6-8(15)4-5-9(12)16/h4-6H,3,7,16H2,1-2H3. The maximum absolute atomic E-state index is 12.5. The number of nitrogens with two attached hydrogens (primary N) is 1. The topological polar surface area (TPSA) is 60.9 Å². The Kier molecular flexibility index (Phi) is 4.88. The third-order valence-electron chi connectivity index (χ3n) is 2.99. The van der Waals surface area contributed by atoms with Crippen molar-refractivity contribution in [1.29, 1.82) is 0 Å². The summed E-state index contributed by atoms with van der Waals surface area (Å²) in [5.74, 6) is 0.342. The fourth-order valence-electron chi connectivity index (χ4n) is 1.88. The molecule has 1 atom stereocenters. The summed E-state index contributed by atoms with van der Waals surface area (Å²) in [5, 5.41) is 4.92. The van der Waals surface area contributed by atoms with Gasteiger partial charge < -0.3 is 5.73 Å². The van der Waals surface area contributed by atoms with Gasteiger partial charge >= 0.3 is 0 Å². The zero-order valence-electron chi connectivity index (χ0n) is 11.2. The molecule has 0 amide bonds. The monoisotopic (exact) mass is 375 g/mol. The smallest absolute Gasteiger partial charge is 0.0767 e. The molecule has 0 radical (unpaired) electrons. The van der Waals surface area contributed by atoms with Crippen LogP contribution >= 0.6 is 27.5 Å². The predicted octanol–water partition coefficient (Wildman–Crippen LogP) is 3.29. The molecule has 0 fully saturated rings. The van der Waals surface area contributed by atoms with Gasteiger partial charge in [-0.3, -0.25) is 8.89 Å². The molecule has 20 heavy (non-hydrogen) atoms. The molecule has 2 rings (SSSR count). The normalized spacial score (nSPS) is 12.6. The van der Waals surface area contributed by atoms with Crippen LogP contribution in [0.2, 0.25) is 5.02 Å². The van der Waals surface area contributed by atoms with Crippen LogP contribution in [0.3, 0.4) is 0 Å². The first-order valence-electron chi connectivity index (χ1n) is 6.07. The van der Waals surface area contributed by atoms with E-state index in [0.29, 0.717) is 21.4 Å². The van der Waals surface area contributed by atoms with Gasteiger partial charge in [0.2, 0.25) is 0 Å². The van der Waals surface area contributed by atoms with Crippen molar-refractivity contribution in [3.05, 3.63) is 39.1 Å². The van der Waals surface area contributed by atoms with E-state index in [1.165, 1.54) is 0 Å². The Hall–Kier alpha value is -0.850. The minimum atomic E-state index is -1.27. The number of hydrogen-bond acceptors (Lipinski definition) is 3. The van der Waals surface area contributed by atoms with Gasteiger partial charge in [-0.15, -0.1) is 0 Å². The van der Waals surface area contributed by atoms with E-state index >= 15 is 0 Å². The van der Waals surface area contributed by atoms with E-state index in [0.717, 1.165) is 22.3 Å². The van der Waals surface area contributed by atoms with E-state index in [9.17, 15) is 4.21 Å². The lowest BCUT2D eigenvalue weighted by Crippen LogP contribution is -2.05. The minimum absolute atomic E-state index is 0.342. The van der Waals surface area contributed by atoms with Gasteiger partial charge in [-0.05, 0) is 40.5 Å². The fraction of sp³-hybridized carbons (Fsp3) is 0.308. The van der Waals surface area contributed by atoms with Crippen LogP contribution < -0.4 is 5.73 Å². The van der Waals surface area contributed by atoms with Crippen molar-refractivity contribution >= 4 is 44.0 Å². The number of hydrogen-bond donors (Lipinski definition) is 1. The molecule has 0 spiro atoms. The van der Waals surface area contributed by atoms with Crippen LogP contribution in [-0.2, 0) is 30.0 Å². The summed E-state index contributed by atoms with van der Waals surface area (Å²) in [6, 6.07) is 5.01. The molecular weight excluding hydrogens is 362 g/mol. The van der Waals surface area contributed by atoms with Gasteiger partial charge in [0.1, 0.15) is 0 Å². The van der Waals surface area contributed by atoms with Crippen LogP contribution in [0.1, 0.15) is 18.3 Å². The van der Waals surface area contributed by atoms with E-state index in [2.05, 4.69) is 21.0 Å². The molecule has 1 aromatic heterocycles. The second kappa shape index (κ2) is 6.28. The van der Waals surface area contributed by atoms with E-state index < -0.39 is 10.8 Å². The molecule has 0 saturated carbocycles. The number of aromatic nitrogens is 2. The highest BCUT2D eigenvalue weighted by Crippen LogP contribution is 2.27. The zero-order chi connectivity index (χ0) is 14.9. The molecule has 0 aliphatic rings. The number of rotatable bonds is 4. The second-order valence-corrected chi connectivity index (χ2v) is 7.01. The van der Waals surface area contributed by atoms with Crippen molar-refractivity contribution in [2.45, 2.75) is 24.0 Å². The number of aryl methyl sites for hydroxylation is 2. The number of nitrogen functional groups attached to an aromatic ring is 1. The largest absolute Gasteiger partial charge is 0.398 e. The number of benzene rings is 1. The summed E-state index contributed by atoms with van der Waals surface area (Å²) < 4.78 is 15.2. The molecular formula is C13H15BrClN3OS. The van der Waals surface area contributed by atoms with Crippen molar-refractivity contribution < 1.29 is 4.21 Å². The molecule has 1 aromatic carbocycles. The van der Waals surface area contributed by atoms with Crippen molar-refractivity contribution in [2.24, 2.45) is 7.05 Å². The summed E-state index contributed by atoms with van der Waals surface area (Å²) >= 11 is 9.46. The third kappa shape index (κ3) is 3.07. The van der Waals surface area contributed by atoms with Crippen LogP contribution in [-0.4, -0.2) is 14.0 Å². The quantitative estimate of drug-likeness (QED) is 0.833. The number of halogens is 2. The third-order valence-corrected chi connectivity index (χ3v) is 5.52. The van der Waals surface area contributed by atoms with E-state index in [1.54, 1.807) is 22.9 Å². The molecule has 2 aromatic rings. The van der Waals surface area contributed by atoms with Gasteiger partial charge in [0.25, 0.3) is 0 Å². The minimum Gasteiger partial charge on any atom is -0.398 e. The van der Waals surface area contributed by atoms with Gasteiger partial charge in [0.05, 0.1) is 37.3 Å². The lowest BCUT2D eigenvalue weighted by Gasteiger charge is -2.07. The molecule has 0 aliphatic carbocycles. The van der Waals surface area contributed by atoms with Crippen molar-refractivity contribution in [1.82, 2.24) is 9.78 Å². The Bertz CT molecular complexity index is 672. The van der Waals surface area contributed by atoms with E-state index in [4.69, 9.17) is 17.3 Å². The van der Waals surface area contributed by atoms with Crippen LogP contribution in [0.25, 0.3) is 0 Å². The lowest BCUT2D eigenvalue weighted by molar-refractivity contribution is 0.675. The molecule has 1 heterocycles. The van der Waals surface area contributed by atoms with Crippen molar-refractivity contribution in [3.63, 3.8) is 0 Å². The summed E-state index contributed by atoms with van der Waals surface area (Å²) in [6.45, 7) is 2.03. The van der Waals surface area contributed by atoms with Gasteiger partial charge in [0, 0.05) is 17.8 Å². The highest BCUT2D eigenvalue weighted by molar-refractivity contribution is 9.10. The first-order chi connectivity index (χ1) is 9.43. The Labute approximate surface area is 133 Å². The van der Waals surface area contributed by atoms with Crippen LogP contribution in [0.4, 0.5) is 5.69 Å². The molecule has 7 heteroatoms. The lowest BCUT2D eigenvalue weighted by atomic mass is 10.3. The van der Waals surface area contributed by atoms with Crippen molar-refractivity contribution in [3.8, 4) is 0 Å². The summed E-state index contributed by atoms with van der Waals surface area (Å²) in [6.07, 6.45) is 0.820. The first-order valence-corrected chi connectivity index (χ1v) is 8.56. The molecule has 0 saturated heterocycles. The van der Waals surface area contributed by atoms with Gasteiger partial charge in [-0.1, -0.05) is 18.5 Å². The molecule has 0 bridgehead atoms. The molecule has 1 unspecified atom stereocenters. The van der Waals surface area contributed by atoms with Crippen LogP contribution in [0.15, 0.2) is 27.6 Å². The first kappa shape index (κ1) is 15.5. The van der Waals surface area contributed by atoms with Gasteiger partial charge in [-0.25, -0.2) is 0 Å². The fourth-order valence-corrected chi connectivity index (χ4v) is 4.39. The maximum atomic E-state index is 12.5. The SMILES string of the molecule is CCc1nn(C)c(CS(=O)c2cc(Cl)ccc2N)c1Br. The highest BCUT2D eigenvalue weighted by Gasteiger charge is 2.17. The molecule has 4 nitrogen and oxygen atoms in total. The molecule has 2 N–H and O–H groups in total. The number of nitrogens with zero attached hydrogens (tertiary/aromatic N) is 2. The molecule has 0 aliphatic heterocycles. The summed E-state index contributed by atoms with van der Waals surface area (Å²) in [7, 11) is 0.579. The van der Waals surface area contributed by atoms with Crippen LogP contribution in [0, 0.1) is 0 Å². The average molecular weight is 377 g/mol. The van der Waals surface area contributed by atoms with E-state index in [1.807, 2.05) is 14.0 Å². The summed E-state index contributed by atoms with van der Waals surface area (Å²) in [4.78, 5) is 0.559. The Morgan fingerprint density at radius 1 is 1.50 bits per heavy atom. The average Bonchev–Trinajstić information content (AvgIpc) is 2.68. The van der Waals surface area contributed by atoms with Gasteiger partial charge in [-0.2, -0.15) is 5.10 Å². The molecule has 108 valence electrons. The van der Waals surface area contributed by atoms with E-state index in [-0.39, 0.29) is 0 Å². The van der Waals surface area contributed by atoms with Crippen molar-refractivity contribution in [2.75, 3.05) is 5.73 Å². The predicted molar refractivity (Wildman–Crippen MR) is 86.3 cm³/mol. The number of anilines is 1. The Morgan fingerprint density at radius 2 is 2.20 bits per heavy atom. The maximum Gasteiger partial charge on any atom is 0.0767 e. The van der Waals surface area contributed by atoms with Crippen LogP contribution in [0.5, 0.6) is 0 Å².